The number of nitrogens with one attached hydrogen (secondary N) is 2. The van der Waals surface area contributed by atoms with Crippen LogP contribution >= 0.6 is 11.3 Å². The van der Waals surface area contributed by atoms with Crippen molar-refractivity contribution < 1.29 is 9.72 Å². The molecule has 0 radical (unpaired) electrons. The monoisotopic (exact) mass is 257 g/mol. The van der Waals surface area contributed by atoms with Crippen LogP contribution in [0.2, 0.25) is 0 Å². The zero-order valence-corrected chi connectivity index (χ0v) is 10.6. The molecule has 0 aliphatic rings. The van der Waals surface area contributed by atoms with Crippen molar-refractivity contribution in [2.24, 2.45) is 0 Å². The van der Waals surface area contributed by atoms with Crippen LogP contribution in [0.1, 0.15) is 21.5 Å². The molecule has 0 aliphatic heterocycles. The maximum atomic E-state index is 11.6. The summed E-state index contributed by atoms with van der Waals surface area (Å²) in [5, 5.41) is 16.4. The van der Waals surface area contributed by atoms with Gasteiger partial charge in [-0.15, -0.1) is 11.3 Å². The highest BCUT2D eigenvalue weighted by atomic mass is 32.1. The van der Waals surface area contributed by atoms with Crippen molar-refractivity contribution in [1.29, 1.82) is 0 Å². The van der Waals surface area contributed by atoms with Crippen LogP contribution in [-0.2, 0) is 0 Å². The van der Waals surface area contributed by atoms with Gasteiger partial charge in [-0.2, -0.15) is 0 Å². The second kappa shape index (κ2) is 6.31. The van der Waals surface area contributed by atoms with Gasteiger partial charge in [0.1, 0.15) is 0 Å². The van der Waals surface area contributed by atoms with Gasteiger partial charge in [-0.3, -0.25) is 14.9 Å². The number of aryl methyl sites for hydroxylation is 1. The molecule has 1 rings (SSSR count). The molecular formula is C10H15N3O3S. The predicted molar refractivity (Wildman–Crippen MR) is 66.6 cm³/mol. The molecule has 0 bridgehead atoms. The van der Waals surface area contributed by atoms with Crippen LogP contribution in [0.25, 0.3) is 0 Å². The molecule has 6 nitrogen and oxygen atoms in total. The van der Waals surface area contributed by atoms with Crippen LogP contribution in [0.5, 0.6) is 0 Å². The van der Waals surface area contributed by atoms with Crippen LogP contribution in [0.15, 0.2) is 6.07 Å². The summed E-state index contributed by atoms with van der Waals surface area (Å²) in [6.07, 6.45) is 0. The van der Waals surface area contributed by atoms with E-state index < -0.39 is 4.92 Å². The van der Waals surface area contributed by atoms with Crippen molar-refractivity contribution in [3.05, 3.63) is 25.9 Å². The fourth-order valence-corrected chi connectivity index (χ4v) is 2.20. The molecule has 94 valence electrons. The average Bonchev–Trinajstić information content (AvgIpc) is 2.66. The van der Waals surface area contributed by atoms with Crippen LogP contribution in [0, 0.1) is 17.0 Å². The highest BCUT2D eigenvalue weighted by molar-refractivity contribution is 7.14. The zero-order valence-electron chi connectivity index (χ0n) is 9.78. The van der Waals surface area contributed by atoms with Gasteiger partial charge in [0.25, 0.3) is 11.6 Å². The maximum absolute atomic E-state index is 11.6. The van der Waals surface area contributed by atoms with Crippen molar-refractivity contribution in [3.63, 3.8) is 0 Å². The number of carbonyl (C=O) groups is 1. The number of hydrogen-bond donors (Lipinski definition) is 2. The first-order chi connectivity index (χ1) is 8.06. The van der Waals surface area contributed by atoms with Crippen LogP contribution in [0.3, 0.4) is 0 Å². The van der Waals surface area contributed by atoms with E-state index in [4.69, 9.17) is 0 Å². The summed E-state index contributed by atoms with van der Waals surface area (Å²) in [5.41, 5.74) is 0.00633. The molecule has 0 aromatic carbocycles. The Morgan fingerprint density at radius 2 is 2.24 bits per heavy atom. The van der Waals surface area contributed by atoms with E-state index in [0.717, 1.165) is 17.9 Å². The van der Waals surface area contributed by atoms with Gasteiger partial charge in [0.05, 0.1) is 14.7 Å². The normalized spacial score (nSPS) is 10.2. The standard InChI is InChI=1S/C10H15N3O3S/c1-3-11-4-5-12-10(14)9-6-8(13(15)16)7(2)17-9/h6,11H,3-5H2,1-2H3,(H,12,14). The molecule has 0 atom stereocenters. The number of hydrogen-bond acceptors (Lipinski definition) is 5. The number of carbonyl (C=O) groups excluding carboxylic acids is 1. The number of nitrogens with zero attached hydrogens (tertiary/aromatic N) is 1. The third-order valence-corrected chi connectivity index (χ3v) is 3.19. The Labute approximate surface area is 103 Å². The maximum Gasteiger partial charge on any atom is 0.283 e. The summed E-state index contributed by atoms with van der Waals surface area (Å²) in [4.78, 5) is 22.7. The third-order valence-electron chi connectivity index (χ3n) is 2.15. The Hall–Kier alpha value is -1.47. The van der Waals surface area contributed by atoms with Crippen molar-refractivity contribution in [2.45, 2.75) is 13.8 Å². The van der Waals surface area contributed by atoms with Crippen molar-refractivity contribution in [3.8, 4) is 0 Å². The number of likely N-dealkylation sites (N-methyl/N-ethyl adjacent to an activating group) is 1. The molecule has 1 amide bonds. The van der Waals surface area contributed by atoms with Gasteiger partial charge in [0, 0.05) is 19.2 Å². The summed E-state index contributed by atoms with van der Waals surface area (Å²) in [5.74, 6) is -0.260. The van der Waals surface area contributed by atoms with Crippen molar-refractivity contribution >= 4 is 22.9 Å². The van der Waals surface area contributed by atoms with Crippen LogP contribution in [-0.4, -0.2) is 30.5 Å². The van der Waals surface area contributed by atoms with Gasteiger partial charge in [0.2, 0.25) is 0 Å². The average molecular weight is 257 g/mol. The van der Waals surface area contributed by atoms with E-state index in [2.05, 4.69) is 10.6 Å². The summed E-state index contributed by atoms with van der Waals surface area (Å²) >= 11 is 1.14. The Kier molecular flexibility index (Phi) is 5.05. The Balaban J connectivity index is 2.57. The van der Waals surface area contributed by atoms with E-state index >= 15 is 0 Å². The lowest BCUT2D eigenvalue weighted by Gasteiger charge is -2.03. The fourth-order valence-electron chi connectivity index (χ4n) is 1.29. The first-order valence-corrected chi connectivity index (χ1v) is 6.11. The van der Waals surface area contributed by atoms with Crippen molar-refractivity contribution in [2.75, 3.05) is 19.6 Å². The van der Waals surface area contributed by atoms with Gasteiger partial charge >= 0.3 is 0 Å². The van der Waals surface area contributed by atoms with Gasteiger partial charge < -0.3 is 10.6 Å². The van der Waals surface area contributed by atoms with Gasteiger partial charge in [-0.1, -0.05) is 6.92 Å². The smallest absolute Gasteiger partial charge is 0.283 e. The molecule has 0 saturated heterocycles. The topological polar surface area (TPSA) is 84.3 Å². The molecule has 0 aliphatic carbocycles. The minimum absolute atomic E-state index is 0.00633. The molecule has 0 spiro atoms. The van der Waals surface area contributed by atoms with Gasteiger partial charge in [-0.25, -0.2) is 0 Å². The molecule has 1 aromatic heterocycles. The third kappa shape index (κ3) is 3.79. The second-order valence-electron chi connectivity index (χ2n) is 3.42. The Bertz CT molecular complexity index is 417. The highest BCUT2D eigenvalue weighted by Crippen LogP contribution is 2.27. The molecule has 2 N–H and O–H groups in total. The SMILES string of the molecule is CCNCCNC(=O)c1cc([N+](=O)[O-])c(C)s1. The first kappa shape index (κ1) is 13.6. The van der Waals surface area contributed by atoms with E-state index in [1.165, 1.54) is 6.07 Å². The summed E-state index contributed by atoms with van der Waals surface area (Å²) in [7, 11) is 0. The second-order valence-corrected chi connectivity index (χ2v) is 4.67. The van der Waals surface area contributed by atoms with Gasteiger partial charge in [0.15, 0.2) is 0 Å². The lowest BCUT2D eigenvalue weighted by Crippen LogP contribution is -2.31. The summed E-state index contributed by atoms with van der Waals surface area (Å²) < 4.78 is 0. The molecule has 1 heterocycles. The summed E-state index contributed by atoms with van der Waals surface area (Å²) in [6.45, 7) is 5.66. The van der Waals surface area contributed by atoms with E-state index in [9.17, 15) is 14.9 Å². The van der Waals surface area contributed by atoms with E-state index in [-0.39, 0.29) is 11.6 Å². The van der Waals surface area contributed by atoms with E-state index in [0.29, 0.717) is 22.8 Å². The predicted octanol–water partition coefficient (Wildman–Crippen LogP) is 1.30. The molecule has 17 heavy (non-hydrogen) atoms. The minimum atomic E-state index is -0.471. The van der Waals surface area contributed by atoms with E-state index in [1.54, 1.807) is 6.92 Å². The van der Waals surface area contributed by atoms with Crippen molar-refractivity contribution in [1.82, 2.24) is 10.6 Å². The number of nitro groups is 1. The Morgan fingerprint density at radius 3 is 2.76 bits per heavy atom. The largest absolute Gasteiger partial charge is 0.350 e. The van der Waals surface area contributed by atoms with E-state index in [1.807, 2.05) is 6.92 Å². The molecule has 1 aromatic rings. The Morgan fingerprint density at radius 1 is 1.53 bits per heavy atom. The minimum Gasteiger partial charge on any atom is -0.350 e. The first-order valence-electron chi connectivity index (χ1n) is 5.30. The molecule has 7 heteroatoms. The van der Waals surface area contributed by atoms with Crippen LogP contribution in [0.4, 0.5) is 5.69 Å². The lowest BCUT2D eigenvalue weighted by atomic mass is 10.3. The molecular weight excluding hydrogens is 242 g/mol. The van der Waals surface area contributed by atoms with Gasteiger partial charge in [-0.05, 0) is 13.5 Å². The number of amides is 1. The zero-order chi connectivity index (χ0) is 12.8. The number of thiophene rings is 1. The molecule has 0 saturated carbocycles. The highest BCUT2D eigenvalue weighted by Gasteiger charge is 2.18. The lowest BCUT2D eigenvalue weighted by molar-refractivity contribution is -0.385. The molecule has 0 fully saturated rings. The molecule has 0 unspecified atom stereocenters. The quantitative estimate of drug-likeness (QED) is 0.457. The van der Waals surface area contributed by atoms with Crippen LogP contribution < -0.4 is 10.6 Å². The number of rotatable bonds is 6. The fraction of sp³-hybridized carbons (Fsp3) is 0.500. The summed E-state index contributed by atoms with van der Waals surface area (Å²) in [6, 6.07) is 1.32.